The Hall–Kier alpha value is -4.86. The molecular weight excluding hydrogens is 534 g/mol. The van der Waals surface area contributed by atoms with E-state index in [4.69, 9.17) is 15.3 Å². The predicted octanol–water partition coefficient (Wildman–Crippen LogP) is 4.12. The average molecular weight is 568 g/mol. The molecule has 10 heteroatoms. The van der Waals surface area contributed by atoms with Crippen LogP contribution in [0.1, 0.15) is 72.0 Å². The second-order valence-electron chi connectivity index (χ2n) is 10.8. The second-order valence-corrected chi connectivity index (χ2v) is 10.8. The van der Waals surface area contributed by atoms with Crippen LogP contribution in [-0.2, 0) is 22.4 Å². The maximum Gasteiger partial charge on any atom is 0.333 e. The number of allylic oxidation sites excluding steroid dienone is 1. The van der Waals surface area contributed by atoms with Gasteiger partial charge >= 0.3 is 11.9 Å². The number of aromatic nitrogens is 3. The first-order chi connectivity index (χ1) is 20.4. The summed E-state index contributed by atoms with van der Waals surface area (Å²) in [5, 5.41) is 8.68. The molecule has 0 saturated carbocycles. The van der Waals surface area contributed by atoms with E-state index in [1.54, 1.807) is 18.2 Å². The average Bonchev–Trinajstić information content (AvgIpc) is 3.58. The van der Waals surface area contributed by atoms with Gasteiger partial charge in [-0.2, -0.15) is 5.10 Å². The molecule has 0 aliphatic carbocycles. The van der Waals surface area contributed by atoms with Crippen LogP contribution in [0, 0.1) is 0 Å². The number of carbonyl (C=O) groups excluding carboxylic acids is 3. The third-order valence-corrected chi connectivity index (χ3v) is 7.95. The molecule has 216 valence electrons. The van der Waals surface area contributed by atoms with Crippen molar-refractivity contribution in [1.82, 2.24) is 19.8 Å². The molecular formula is C32H33N5O5. The summed E-state index contributed by atoms with van der Waals surface area (Å²) in [5.41, 5.74) is 10.6. The summed E-state index contributed by atoms with van der Waals surface area (Å²) >= 11 is 0. The van der Waals surface area contributed by atoms with Crippen LogP contribution < -0.4 is 20.6 Å². The van der Waals surface area contributed by atoms with E-state index in [9.17, 15) is 14.4 Å². The van der Waals surface area contributed by atoms with Gasteiger partial charge in [-0.25, -0.2) is 9.48 Å². The van der Waals surface area contributed by atoms with E-state index in [1.165, 1.54) is 15.9 Å². The minimum absolute atomic E-state index is 0.0718. The number of esters is 1. The monoisotopic (exact) mass is 567 g/mol. The topological polar surface area (TPSA) is 130 Å². The number of benzene rings is 2. The molecule has 10 nitrogen and oxygen atoms in total. The first-order valence-electron chi connectivity index (χ1n) is 14.3. The number of hydrogen-bond acceptors (Lipinski definition) is 7. The van der Waals surface area contributed by atoms with E-state index in [0.717, 1.165) is 37.8 Å². The zero-order valence-electron chi connectivity index (χ0n) is 23.4. The van der Waals surface area contributed by atoms with Crippen molar-refractivity contribution >= 4 is 28.7 Å². The number of aryl methyl sites for hydroxylation is 2. The van der Waals surface area contributed by atoms with Crippen LogP contribution in [0.4, 0.5) is 0 Å². The Morgan fingerprint density at radius 1 is 1.12 bits per heavy atom. The Labute approximate surface area is 243 Å². The quantitative estimate of drug-likeness (QED) is 0.306. The maximum absolute atomic E-state index is 12.5. The van der Waals surface area contributed by atoms with Crippen molar-refractivity contribution in [2.45, 2.75) is 63.8 Å². The number of carbonyl (C=O) groups is 3. The highest BCUT2D eigenvalue weighted by Crippen LogP contribution is 2.42. The van der Waals surface area contributed by atoms with E-state index in [2.05, 4.69) is 47.8 Å². The molecule has 6 rings (SSSR count). The lowest BCUT2D eigenvalue weighted by molar-refractivity contribution is -0.151. The highest BCUT2D eigenvalue weighted by atomic mass is 16.7. The van der Waals surface area contributed by atoms with Gasteiger partial charge in [0.1, 0.15) is 0 Å². The summed E-state index contributed by atoms with van der Waals surface area (Å²) in [7, 11) is 0. The zero-order valence-corrected chi connectivity index (χ0v) is 23.4. The van der Waals surface area contributed by atoms with Gasteiger partial charge in [-0.05, 0) is 79.8 Å². The van der Waals surface area contributed by atoms with Crippen LogP contribution in [0.3, 0.4) is 0 Å². The van der Waals surface area contributed by atoms with Gasteiger partial charge in [0, 0.05) is 34.7 Å². The molecule has 2 atom stereocenters. The standard InChI is InChI=1S/C32H33N5O5/c1-2-20-5-4-8-25(15-20)36-19-21(18-35-36)6-3-7-24-16-22(13-14-34-24)30-26-17-23(31(33)40)9-10-27(26)37-32(30)41-28(38)11-12-29(39)42-37/h4-5,8-10,13-15,17-19,22,24,34H,2-3,6-7,11-12,16H2,1H3,(H2,33,40). The van der Waals surface area contributed by atoms with Gasteiger partial charge in [-0.1, -0.05) is 25.1 Å². The minimum atomic E-state index is -0.574. The van der Waals surface area contributed by atoms with E-state index >= 15 is 0 Å². The first kappa shape index (κ1) is 27.3. The van der Waals surface area contributed by atoms with Gasteiger partial charge < -0.3 is 20.6 Å². The molecule has 4 aromatic rings. The molecule has 2 aromatic carbocycles. The van der Waals surface area contributed by atoms with Gasteiger partial charge in [0.2, 0.25) is 11.8 Å². The van der Waals surface area contributed by atoms with Crippen molar-refractivity contribution in [3.8, 4) is 11.6 Å². The Morgan fingerprint density at radius 3 is 2.81 bits per heavy atom. The van der Waals surface area contributed by atoms with Crippen LogP contribution in [0.15, 0.2) is 67.1 Å². The molecule has 2 aromatic heterocycles. The van der Waals surface area contributed by atoms with Crippen molar-refractivity contribution in [2.75, 3.05) is 0 Å². The molecule has 4 heterocycles. The van der Waals surface area contributed by atoms with E-state index in [-0.39, 0.29) is 30.7 Å². The number of nitrogens with one attached hydrogen (secondary N) is 1. The summed E-state index contributed by atoms with van der Waals surface area (Å²) in [6.45, 7) is 2.14. The predicted molar refractivity (Wildman–Crippen MR) is 156 cm³/mol. The van der Waals surface area contributed by atoms with E-state index in [1.807, 2.05) is 23.2 Å². The molecule has 2 aliphatic heterocycles. The van der Waals surface area contributed by atoms with Crippen molar-refractivity contribution < 1.29 is 24.0 Å². The summed E-state index contributed by atoms with van der Waals surface area (Å²) in [6, 6.07) is 13.5. The Balaban J connectivity index is 1.21. The number of hydrogen-bond donors (Lipinski definition) is 2. The molecule has 2 unspecified atom stereocenters. The van der Waals surface area contributed by atoms with Crippen molar-refractivity contribution in [1.29, 1.82) is 0 Å². The van der Waals surface area contributed by atoms with Gasteiger partial charge in [0.05, 0.1) is 30.2 Å². The summed E-state index contributed by atoms with van der Waals surface area (Å²) < 4.78 is 8.94. The summed E-state index contributed by atoms with van der Waals surface area (Å²) in [4.78, 5) is 42.5. The van der Waals surface area contributed by atoms with Gasteiger partial charge in [-0.15, -0.1) is 4.73 Å². The number of nitrogens with zero attached hydrogens (tertiary/aromatic N) is 3. The lowest BCUT2D eigenvalue weighted by Gasteiger charge is -2.27. The largest absolute Gasteiger partial charge is 0.406 e. The van der Waals surface area contributed by atoms with Crippen LogP contribution in [-0.4, -0.2) is 38.4 Å². The third kappa shape index (κ3) is 5.52. The lowest BCUT2D eigenvalue weighted by Crippen LogP contribution is -2.30. The van der Waals surface area contributed by atoms with Crippen LogP contribution >= 0.6 is 0 Å². The van der Waals surface area contributed by atoms with Crippen LogP contribution in [0.25, 0.3) is 16.6 Å². The van der Waals surface area contributed by atoms with Crippen molar-refractivity contribution in [2.24, 2.45) is 5.73 Å². The number of nitrogens with two attached hydrogens (primary N) is 1. The number of fused-ring (bicyclic) bond motifs is 3. The highest BCUT2D eigenvalue weighted by molar-refractivity contribution is 5.99. The minimum Gasteiger partial charge on any atom is -0.406 e. The third-order valence-electron chi connectivity index (χ3n) is 7.95. The molecule has 1 amide bonds. The van der Waals surface area contributed by atoms with Crippen LogP contribution in [0.5, 0.6) is 5.88 Å². The SMILES string of the molecule is CCc1cccc(-n2cc(CCCC3CC(c4c5n(c6ccc(C(N)=O)cc46)OC(=O)CCC(=O)O5)C=CN3)cn2)c1. The normalized spacial score (nSPS) is 18.5. The first-order valence-corrected chi connectivity index (χ1v) is 14.3. The number of amides is 1. The van der Waals surface area contributed by atoms with Gasteiger partial charge in [-0.3, -0.25) is 9.59 Å². The molecule has 0 saturated heterocycles. The summed E-state index contributed by atoms with van der Waals surface area (Å²) in [6.07, 6.45) is 12.2. The molecule has 2 aliphatic rings. The molecule has 42 heavy (non-hydrogen) atoms. The second kappa shape index (κ2) is 11.6. The molecule has 0 bridgehead atoms. The number of ether oxygens (including phenoxy) is 1. The fourth-order valence-corrected chi connectivity index (χ4v) is 5.75. The number of rotatable bonds is 8. The van der Waals surface area contributed by atoms with Gasteiger partial charge in [0.15, 0.2) is 0 Å². The van der Waals surface area contributed by atoms with E-state index in [0.29, 0.717) is 22.0 Å². The van der Waals surface area contributed by atoms with Crippen molar-refractivity contribution in [3.63, 3.8) is 0 Å². The smallest absolute Gasteiger partial charge is 0.333 e. The molecule has 3 N–H and O–H groups in total. The molecule has 0 fully saturated rings. The highest BCUT2D eigenvalue weighted by Gasteiger charge is 2.32. The summed E-state index contributed by atoms with van der Waals surface area (Å²) in [5.74, 6) is -1.60. The van der Waals surface area contributed by atoms with Crippen molar-refractivity contribution in [3.05, 3.63) is 89.4 Å². The fraction of sp³-hybridized carbons (Fsp3) is 0.312. The Kier molecular flexibility index (Phi) is 7.52. The van der Waals surface area contributed by atoms with E-state index < -0.39 is 17.8 Å². The zero-order chi connectivity index (χ0) is 29.2. The molecule has 0 spiro atoms. The lowest BCUT2D eigenvalue weighted by atomic mass is 9.87. The Morgan fingerprint density at radius 2 is 1.98 bits per heavy atom. The van der Waals surface area contributed by atoms with Gasteiger partial charge in [0.25, 0.3) is 0 Å². The maximum atomic E-state index is 12.5. The molecule has 0 radical (unpaired) electrons. The number of primary amides is 1. The Bertz CT molecular complexity index is 1700. The van der Waals surface area contributed by atoms with Crippen LogP contribution in [0.2, 0.25) is 0 Å². The fourth-order valence-electron chi connectivity index (χ4n) is 5.75.